The monoisotopic (exact) mass is 535 g/mol. The third-order valence-electron chi connectivity index (χ3n) is 9.97. The van der Waals surface area contributed by atoms with E-state index in [0.29, 0.717) is 18.8 Å². The zero-order valence-corrected chi connectivity index (χ0v) is 24.6. The van der Waals surface area contributed by atoms with E-state index in [2.05, 4.69) is 47.7 Å². The molecule has 4 rings (SSSR count). The van der Waals surface area contributed by atoms with Gasteiger partial charge in [-0.3, -0.25) is 4.79 Å². The van der Waals surface area contributed by atoms with Crippen molar-refractivity contribution in [3.63, 3.8) is 0 Å². The molecule has 8 heteroatoms. The van der Waals surface area contributed by atoms with Crippen molar-refractivity contribution < 1.29 is 22.0 Å². The summed E-state index contributed by atoms with van der Waals surface area (Å²) in [5.41, 5.74) is 0.534. The van der Waals surface area contributed by atoms with Crippen molar-refractivity contribution in [3.8, 4) is 0 Å². The smallest absolute Gasteiger partial charge is 0.259 e. The number of halogens is 1. The van der Waals surface area contributed by atoms with Gasteiger partial charge in [0, 0.05) is 11.5 Å². The molecule has 0 unspecified atom stereocenters. The molecular formula is C28H42FNO4SSi. The number of benzene rings is 1. The van der Waals surface area contributed by atoms with E-state index < -0.39 is 24.2 Å². The predicted octanol–water partition coefficient (Wildman–Crippen LogP) is 6.59. The molecule has 0 N–H and O–H groups in total. The van der Waals surface area contributed by atoms with Crippen LogP contribution in [0, 0.1) is 22.6 Å². The number of amides is 1. The van der Waals surface area contributed by atoms with Crippen LogP contribution in [0.15, 0.2) is 36.4 Å². The summed E-state index contributed by atoms with van der Waals surface area (Å²) in [6, 6.07) is 6.19. The number of sulfonamides is 1. The third kappa shape index (κ3) is 4.51. The molecule has 1 aromatic rings. The van der Waals surface area contributed by atoms with Crippen molar-refractivity contribution in [2.45, 2.75) is 97.0 Å². The molecule has 1 aromatic carbocycles. The van der Waals surface area contributed by atoms with Crippen LogP contribution in [0.1, 0.15) is 78.4 Å². The Balaban J connectivity index is 1.47. The van der Waals surface area contributed by atoms with E-state index in [9.17, 15) is 17.6 Å². The Kier molecular flexibility index (Phi) is 6.92. The second kappa shape index (κ2) is 9.05. The Labute approximate surface area is 217 Å². The van der Waals surface area contributed by atoms with Crippen molar-refractivity contribution >= 4 is 24.2 Å². The summed E-state index contributed by atoms with van der Waals surface area (Å²) in [5.74, 6) is -0.158. The van der Waals surface area contributed by atoms with Crippen LogP contribution < -0.4 is 0 Å². The van der Waals surface area contributed by atoms with Gasteiger partial charge < -0.3 is 4.43 Å². The highest BCUT2D eigenvalue weighted by Gasteiger charge is 2.72. The van der Waals surface area contributed by atoms with Crippen LogP contribution in [0.4, 0.5) is 4.39 Å². The fourth-order valence-corrected chi connectivity index (χ4v) is 10.4. The lowest BCUT2D eigenvalue weighted by molar-refractivity contribution is -0.124. The zero-order chi connectivity index (χ0) is 26.7. The average Bonchev–Trinajstić information content (AvgIpc) is 3.23. The second-order valence-electron chi connectivity index (χ2n) is 13.2. The van der Waals surface area contributed by atoms with Gasteiger partial charge in [0.25, 0.3) is 5.91 Å². The molecule has 4 atom stereocenters. The Morgan fingerprint density at radius 3 is 2.47 bits per heavy atom. The molecule has 1 amide bonds. The lowest BCUT2D eigenvalue weighted by Crippen LogP contribution is -2.43. The van der Waals surface area contributed by atoms with Gasteiger partial charge >= 0.3 is 0 Å². The average molecular weight is 536 g/mol. The third-order valence-corrected chi connectivity index (χ3v) is 16.4. The number of hydrogen-bond acceptors (Lipinski definition) is 4. The van der Waals surface area contributed by atoms with Crippen LogP contribution >= 0.6 is 0 Å². The Morgan fingerprint density at radius 1 is 1.25 bits per heavy atom. The normalized spacial score (nSPS) is 29.6. The van der Waals surface area contributed by atoms with Gasteiger partial charge in [0.2, 0.25) is 10.0 Å². The van der Waals surface area contributed by atoms with Gasteiger partial charge in [0.15, 0.2) is 8.32 Å². The van der Waals surface area contributed by atoms with Crippen LogP contribution in [0.25, 0.3) is 0 Å². The highest BCUT2D eigenvalue weighted by Crippen LogP contribution is 2.70. The Morgan fingerprint density at radius 2 is 1.89 bits per heavy atom. The van der Waals surface area contributed by atoms with E-state index in [-0.39, 0.29) is 39.6 Å². The second-order valence-corrected chi connectivity index (χ2v) is 19.8. The first-order valence-corrected chi connectivity index (χ1v) is 17.7. The van der Waals surface area contributed by atoms with Gasteiger partial charge in [-0.1, -0.05) is 52.8 Å². The van der Waals surface area contributed by atoms with Gasteiger partial charge in [-0.15, -0.1) is 0 Å². The van der Waals surface area contributed by atoms with E-state index in [1.165, 1.54) is 22.5 Å². The lowest BCUT2D eigenvalue weighted by atomic mass is 9.69. The summed E-state index contributed by atoms with van der Waals surface area (Å²) in [6.07, 6.45) is 6.87. The maximum atomic E-state index is 13.5. The molecule has 5 nitrogen and oxygen atoms in total. The van der Waals surface area contributed by atoms with Crippen molar-refractivity contribution in [1.82, 2.24) is 4.31 Å². The number of carbonyl (C=O) groups is 1. The first-order chi connectivity index (χ1) is 16.5. The topological polar surface area (TPSA) is 63.7 Å². The van der Waals surface area contributed by atoms with Crippen molar-refractivity contribution in [1.29, 1.82) is 0 Å². The number of rotatable bonds is 7. The van der Waals surface area contributed by atoms with Gasteiger partial charge in [0.05, 0.1) is 17.9 Å². The largest absolute Gasteiger partial charge is 0.410 e. The molecule has 36 heavy (non-hydrogen) atoms. The zero-order valence-electron chi connectivity index (χ0n) is 22.8. The fourth-order valence-electron chi connectivity index (χ4n) is 6.59. The van der Waals surface area contributed by atoms with E-state index in [1.807, 2.05) is 0 Å². The van der Waals surface area contributed by atoms with E-state index in [1.54, 1.807) is 18.2 Å². The molecule has 0 aromatic heterocycles. The number of hydrogen-bond donors (Lipinski definition) is 0. The van der Waals surface area contributed by atoms with Gasteiger partial charge in [0.1, 0.15) is 5.82 Å². The molecule has 2 saturated carbocycles. The first-order valence-electron chi connectivity index (χ1n) is 13.2. The van der Waals surface area contributed by atoms with Crippen LogP contribution in [0.2, 0.25) is 18.1 Å². The minimum atomic E-state index is -3.62. The standard InChI is InChI=1S/C28H42FNO4SSi/c1-26(2,3)36(6,7)34-23(20-12-14-22(29)15-13-20)10-8-9-11-25(31)30-24-18-21-16-17-28(24,27(21,4)5)19-35(30,32)33/h9,11-15,21,23-24H,8,10,16-19H2,1-7H3/b11-9+/t21-,23-,24-,28-/m0/s1. The predicted molar refractivity (Wildman–Crippen MR) is 144 cm³/mol. The minimum Gasteiger partial charge on any atom is -0.410 e. The summed E-state index contributed by atoms with van der Waals surface area (Å²) in [4.78, 5) is 13.2. The molecular weight excluding hydrogens is 493 g/mol. The molecule has 2 bridgehead atoms. The van der Waals surface area contributed by atoms with Crippen LogP contribution in [-0.2, 0) is 19.2 Å². The van der Waals surface area contributed by atoms with E-state index in [0.717, 1.165) is 24.8 Å². The van der Waals surface area contributed by atoms with Crippen molar-refractivity contribution in [2.24, 2.45) is 16.7 Å². The van der Waals surface area contributed by atoms with Crippen LogP contribution in [0.3, 0.4) is 0 Å². The molecule has 1 spiro atoms. The summed E-state index contributed by atoms with van der Waals surface area (Å²) in [7, 11) is -5.72. The molecule has 200 valence electrons. The highest BCUT2D eigenvalue weighted by molar-refractivity contribution is 7.90. The quantitative estimate of drug-likeness (QED) is 0.292. The van der Waals surface area contributed by atoms with E-state index in [4.69, 9.17) is 4.43 Å². The van der Waals surface area contributed by atoms with Crippen LogP contribution in [0.5, 0.6) is 0 Å². The van der Waals surface area contributed by atoms with Crippen molar-refractivity contribution in [2.75, 3.05) is 5.75 Å². The summed E-state index contributed by atoms with van der Waals surface area (Å²) in [6.45, 7) is 15.3. The molecule has 1 aliphatic heterocycles. The van der Waals surface area contributed by atoms with Crippen LogP contribution in [-0.4, -0.2) is 38.7 Å². The Hall–Kier alpha value is -1.51. The lowest BCUT2D eigenvalue weighted by Gasteiger charge is -2.39. The maximum Gasteiger partial charge on any atom is 0.259 e. The summed E-state index contributed by atoms with van der Waals surface area (Å²) < 4.78 is 47.7. The van der Waals surface area contributed by atoms with Crippen molar-refractivity contribution in [3.05, 3.63) is 47.8 Å². The number of fused-ring (bicyclic) bond motifs is 1. The maximum absolute atomic E-state index is 13.5. The molecule has 1 saturated heterocycles. The SMILES string of the molecule is CC1(C)[C@H]2CC[C@@]13CS(=O)(=O)N(C(=O)/C=C/CC[C@H](O[Si](C)(C)C(C)(C)C)c1ccc(F)cc1)[C@H]3C2. The first kappa shape index (κ1) is 27.5. The summed E-state index contributed by atoms with van der Waals surface area (Å²) >= 11 is 0. The molecule has 1 heterocycles. The molecule has 0 radical (unpaired) electrons. The molecule has 3 aliphatic rings. The number of nitrogens with zero attached hydrogens (tertiary/aromatic N) is 1. The fraction of sp³-hybridized carbons (Fsp3) is 0.679. The Bertz CT molecular complexity index is 1140. The minimum absolute atomic E-state index is 0.0194. The number of carbonyl (C=O) groups excluding carboxylic acids is 1. The molecule has 3 fully saturated rings. The van der Waals surface area contributed by atoms with Gasteiger partial charge in [-0.25, -0.2) is 17.1 Å². The van der Waals surface area contributed by atoms with E-state index >= 15 is 0 Å². The van der Waals surface area contributed by atoms with Gasteiger partial charge in [-0.05, 0) is 79.3 Å². The van der Waals surface area contributed by atoms with Gasteiger partial charge in [-0.2, -0.15) is 0 Å². The molecule has 2 aliphatic carbocycles. The highest BCUT2D eigenvalue weighted by atomic mass is 32.2. The number of allylic oxidation sites excluding steroid dienone is 1. The summed E-state index contributed by atoms with van der Waals surface area (Å²) in [5, 5.41) is 0.0194.